The molecule has 602 valence electrons. The van der Waals surface area contributed by atoms with Gasteiger partial charge < -0.3 is 15.1 Å². The molecule has 8 nitrogen and oxygen atoms in total. The van der Waals surface area contributed by atoms with E-state index in [1.807, 2.05) is 73.1 Å². The number of hydrogen-bond acceptors (Lipinski definition) is 8. The molecule has 4 aromatic heterocycles. The van der Waals surface area contributed by atoms with Crippen LogP contribution in [-0.2, 0) is 54.6 Å². The number of aromatic nitrogens is 4. The van der Waals surface area contributed by atoms with E-state index in [2.05, 4.69) is 339 Å². The molecule has 0 fully saturated rings. The van der Waals surface area contributed by atoms with Crippen molar-refractivity contribution in [2.24, 2.45) is 0 Å². The Morgan fingerprint density at radius 2 is 0.678 bits per heavy atom. The number of para-hydroxylation sites is 4. The molecule has 118 heavy (non-hydrogen) atoms. The number of nitrogens with zero attached hydrogens (tertiary/aromatic N) is 6. The Bertz CT molecular complexity index is 5310. The molecule has 0 atom stereocenters. The van der Waals surface area contributed by atoms with Crippen molar-refractivity contribution in [2.45, 2.75) is 144 Å². The molecule has 0 aliphatic heterocycles. The molecular weight excluding hydrogens is 1950 g/mol. The number of rotatable bonds is 16. The fourth-order valence-corrected chi connectivity index (χ4v) is 14.2. The summed E-state index contributed by atoms with van der Waals surface area (Å²) in [6, 6.07) is 102. The van der Waals surface area contributed by atoms with E-state index in [-0.39, 0.29) is 66.1 Å². The number of hydrogen-bond donors (Lipinski definition) is 2. The summed E-state index contributed by atoms with van der Waals surface area (Å²) in [7, 11) is 20.0. The van der Waals surface area contributed by atoms with E-state index in [1.165, 1.54) is 96.5 Å². The van der Waals surface area contributed by atoms with Crippen LogP contribution in [0.1, 0.15) is 156 Å². The minimum absolute atomic E-state index is 0. The monoisotopic (exact) mass is 2050 g/mol. The first kappa shape index (κ1) is 94.1. The maximum atomic E-state index is 11.1. The van der Waals surface area contributed by atoms with E-state index >= 15 is 0 Å². The third-order valence-corrected chi connectivity index (χ3v) is 20.5. The van der Waals surface area contributed by atoms with E-state index in [0.717, 1.165) is 101 Å². The molecule has 4 heterocycles. The summed E-state index contributed by atoms with van der Waals surface area (Å²) in [6.45, 7) is 36.1. The number of phenolic OH excluding ortho intramolecular Hbond substituents is 2. The fourth-order valence-electron chi connectivity index (χ4n) is 14.2. The Hall–Kier alpha value is -6.19. The number of aromatic hydroxyl groups is 2. The van der Waals surface area contributed by atoms with E-state index in [9.17, 15) is 10.2 Å². The van der Waals surface area contributed by atoms with Gasteiger partial charge in [0.1, 0.15) is 23.1 Å². The van der Waals surface area contributed by atoms with Crippen LogP contribution in [0.3, 0.4) is 0 Å². The topological polar surface area (TPSA) is 98.5 Å². The van der Waals surface area contributed by atoms with Crippen molar-refractivity contribution in [3.8, 4) is 101 Å². The van der Waals surface area contributed by atoms with Gasteiger partial charge in [0.15, 0.2) is 0 Å². The van der Waals surface area contributed by atoms with Crippen molar-refractivity contribution in [3.05, 3.63) is 337 Å². The van der Waals surface area contributed by atoms with Gasteiger partial charge in [-0.25, -0.2) is 15.0 Å². The molecular formula is C102H101Cl4K2N6O2Pt2-. The zero-order valence-corrected chi connectivity index (χ0v) is 84.5. The molecule has 0 spiro atoms. The molecule has 14 aromatic rings. The second-order valence-corrected chi connectivity index (χ2v) is 53.4. The summed E-state index contributed by atoms with van der Waals surface area (Å²) < 4.78 is 0. The van der Waals surface area contributed by atoms with Gasteiger partial charge in [0.2, 0.25) is 0 Å². The van der Waals surface area contributed by atoms with Gasteiger partial charge in [-0.3, -0.25) is 9.88 Å². The minimum atomic E-state index is -3.06. The first-order valence-electron chi connectivity index (χ1n) is 39.9. The van der Waals surface area contributed by atoms with Gasteiger partial charge in [-0.15, -0.1) is 29.8 Å². The van der Waals surface area contributed by atoms with Gasteiger partial charge >= 0.3 is 113 Å². The number of halogens is 4. The van der Waals surface area contributed by atoms with Crippen LogP contribution in [-0.4, -0.2) is 93.3 Å². The number of anilines is 6. The Morgan fingerprint density at radius 1 is 0.339 bits per heavy atom. The van der Waals surface area contributed by atoms with E-state index in [1.54, 1.807) is 12.1 Å². The second kappa shape index (κ2) is 41.3. The van der Waals surface area contributed by atoms with Gasteiger partial charge in [-0.2, -0.15) is 0 Å². The van der Waals surface area contributed by atoms with Gasteiger partial charge in [-0.1, -0.05) is 299 Å². The number of phenols is 2. The third kappa shape index (κ3) is 24.2. The van der Waals surface area contributed by atoms with E-state index in [0.29, 0.717) is 22.5 Å². The third-order valence-electron chi connectivity index (χ3n) is 20.5. The van der Waals surface area contributed by atoms with Crippen molar-refractivity contribution in [2.75, 3.05) is 9.80 Å². The molecule has 0 unspecified atom stereocenters. The Labute approximate surface area is 779 Å². The fraction of sp³-hybridized carbons (Fsp3) is 0.216. The summed E-state index contributed by atoms with van der Waals surface area (Å²) in [5.74, 6) is 2.52. The summed E-state index contributed by atoms with van der Waals surface area (Å²) >= 11 is -0.556. The smallest absolute Gasteiger partial charge is 0 e. The van der Waals surface area contributed by atoms with Crippen molar-refractivity contribution in [3.63, 3.8) is 0 Å². The number of pyridine rings is 4. The molecule has 14 rings (SSSR count). The molecule has 0 saturated heterocycles. The van der Waals surface area contributed by atoms with Crippen molar-refractivity contribution in [1.82, 2.24) is 19.9 Å². The van der Waals surface area contributed by atoms with Crippen LogP contribution in [0, 0.1) is 6.07 Å². The molecule has 0 amide bonds. The van der Waals surface area contributed by atoms with Crippen LogP contribution >= 0.6 is 37.7 Å². The van der Waals surface area contributed by atoms with Crippen LogP contribution in [0.2, 0.25) is 0 Å². The van der Waals surface area contributed by atoms with Gasteiger partial charge in [0.05, 0.1) is 28.5 Å². The maximum Gasteiger partial charge on any atom is 0 e. The van der Waals surface area contributed by atoms with Crippen molar-refractivity contribution in [1.29, 1.82) is 0 Å². The van der Waals surface area contributed by atoms with Crippen molar-refractivity contribution < 1.29 is 43.2 Å². The Balaban J connectivity index is 0.000000229. The van der Waals surface area contributed by atoms with Crippen molar-refractivity contribution >= 4 is 135 Å². The summed E-state index contributed by atoms with van der Waals surface area (Å²) in [4.78, 5) is 24.9. The Morgan fingerprint density at radius 3 is 1.08 bits per heavy atom. The molecule has 0 radical (unpaired) electrons. The molecule has 10 aromatic carbocycles. The van der Waals surface area contributed by atoms with Crippen LogP contribution < -0.4 is 9.80 Å². The van der Waals surface area contributed by atoms with Gasteiger partial charge in [0, 0.05) is 67.0 Å². The van der Waals surface area contributed by atoms with Crippen LogP contribution in [0.15, 0.2) is 298 Å². The van der Waals surface area contributed by atoms with Crippen LogP contribution in [0.4, 0.5) is 34.4 Å². The quantitative estimate of drug-likeness (QED) is 0.0729. The maximum absolute atomic E-state index is 11.1. The normalized spacial score (nSPS) is 11.8. The first-order valence-corrected chi connectivity index (χ1v) is 67.2. The molecule has 0 saturated carbocycles. The average Bonchev–Trinajstić information content (AvgIpc) is 0.766. The molecule has 16 heteroatoms. The van der Waals surface area contributed by atoms with Gasteiger partial charge in [-0.05, 0) is 191 Å². The average molecular weight is 2050 g/mol. The molecule has 0 aliphatic carbocycles. The molecule has 2 N–H and O–H groups in total. The largest absolute Gasteiger partial charge is 0 e. The SMILES string of the molecule is CC(C)c1cccc(-c2ccccc2)c1N(c1[c-]c(-c2cc(-c3cc(C(C)(C)C)cc(C(C)(C)C)c3)cc(-c3ccccc3O)n2)ccc1)c1ccccn1.CC(C)c1cccc(-c2ccccc2)c1N(c1cccc(-c2cc(-c3cc(C(C)(C)C)cc(C(C)(C)C)c3)cc(-c3ccccc3O)n2)c1)c1ccccn1.[Cl][Pt]([Cl])([Cl])[Cl].[K][K].[Pt]. The summed E-state index contributed by atoms with van der Waals surface area (Å²) in [5, 5.41) is 22.2. The van der Waals surface area contributed by atoms with E-state index in [4.69, 9.17) is 57.6 Å². The second-order valence-electron chi connectivity index (χ2n) is 33.7. The predicted molar refractivity (Wildman–Crippen MR) is 497 cm³/mol. The standard InChI is InChI=1S/C51H51N3O.C51H50N3O.4ClH.2K.2Pt/c2*1-34(2)42-23-17-24-43(35-18-10-9-11-19-35)49(42)54(48-26-14-15-27-52-48)41-21-16-20-36(30-41)45-31-38(32-46(53-45)44-22-12-13-25-47(44)55)37-28-39(50(3,4)5)33-40(29-37)51(6,7)8;;;;;;;;/h9-34,55H,1-8H3;9-29,31-34,55H,1-8H3;4*1H;;;;/q;-1;;;;;;;;+4/p-4. The summed E-state index contributed by atoms with van der Waals surface area (Å²) in [6.07, 6.45) is 3.70. The minimum Gasteiger partial charge on any atom is 0 e. The summed E-state index contributed by atoms with van der Waals surface area (Å²) in [5.41, 5.74) is 26.4. The molecule has 0 bridgehead atoms. The van der Waals surface area contributed by atoms with Crippen LogP contribution in [0.5, 0.6) is 11.5 Å². The molecule has 0 aliphatic rings. The van der Waals surface area contributed by atoms with Gasteiger partial charge in [0.25, 0.3) is 0 Å². The number of benzene rings is 10. The van der Waals surface area contributed by atoms with E-state index < -0.39 is 11.9 Å². The zero-order chi connectivity index (χ0) is 84.3. The zero-order valence-electron chi connectivity index (χ0n) is 70.7. The Kier molecular flexibility index (Phi) is 32.9. The predicted octanol–water partition coefficient (Wildman–Crippen LogP) is 29.9. The van der Waals surface area contributed by atoms with Crippen LogP contribution in [0.25, 0.3) is 89.5 Å². The first-order chi connectivity index (χ1) is 55.5.